The Bertz CT molecular complexity index is 905. The van der Waals surface area contributed by atoms with Gasteiger partial charge in [0.2, 0.25) is 0 Å². The van der Waals surface area contributed by atoms with Crippen molar-refractivity contribution in [1.29, 1.82) is 0 Å². The van der Waals surface area contributed by atoms with E-state index in [-0.39, 0.29) is 0 Å². The number of benzene rings is 2. The molecule has 0 aliphatic carbocycles. The van der Waals surface area contributed by atoms with Crippen LogP contribution in [0.3, 0.4) is 0 Å². The van der Waals surface area contributed by atoms with Gasteiger partial charge in [-0.2, -0.15) is 5.10 Å². The Balaban J connectivity index is 1.68. The number of aromatic nitrogens is 3. The minimum absolute atomic E-state index is 0.735. The average molecular weight is 274 g/mol. The molecule has 0 unspecified atom stereocenters. The maximum Gasteiger partial charge on any atom is 0.152 e. The van der Waals surface area contributed by atoms with Gasteiger partial charge >= 0.3 is 0 Å². The molecule has 0 saturated carbocycles. The third-order valence-corrected chi connectivity index (χ3v) is 3.65. The molecule has 2 aromatic heterocycles. The van der Waals surface area contributed by atoms with Crippen LogP contribution in [0.1, 0.15) is 5.56 Å². The van der Waals surface area contributed by atoms with Gasteiger partial charge in [-0.25, -0.2) is 9.50 Å². The summed E-state index contributed by atoms with van der Waals surface area (Å²) in [5, 5.41) is 10.2. The minimum Gasteiger partial charge on any atom is -0.364 e. The highest BCUT2D eigenvalue weighted by Gasteiger charge is 2.04. The highest BCUT2D eigenvalue weighted by Crippen LogP contribution is 2.20. The summed E-state index contributed by atoms with van der Waals surface area (Å²) in [6.45, 7) is 0.735. The zero-order valence-electron chi connectivity index (χ0n) is 11.4. The van der Waals surface area contributed by atoms with Gasteiger partial charge in [0.25, 0.3) is 0 Å². The number of nitrogens with zero attached hydrogens (tertiary/aromatic N) is 3. The van der Waals surface area contributed by atoms with Gasteiger partial charge in [0, 0.05) is 18.9 Å². The van der Waals surface area contributed by atoms with Gasteiger partial charge < -0.3 is 5.32 Å². The first-order chi connectivity index (χ1) is 10.4. The van der Waals surface area contributed by atoms with E-state index in [4.69, 9.17) is 0 Å². The first kappa shape index (κ1) is 11.9. The van der Waals surface area contributed by atoms with Gasteiger partial charge in [-0.05, 0) is 22.4 Å². The van der Waals surface area contributed by atoms with Crippen LogP contribution in [0, 0.1) is 0 Å². The van der Waals surface area contributed by atoms with Gasteiger partial charge in [0.1, 0.15) is 5.52 Å². The van der Waals surface area contributed by atoms with E-state index in [9.17, 15) is 0 Å². The van der Waals surface area contributed by atoms with Crippen LogP contribution in [-0.2, 0) is 6.54 Å². The molecule has 0 aliphatic rings. The predicted octanol–water partition coefficient (Wildman–Crippen LogP) is 3.49. The molecule has 0 saturated heterocycles. The lowest BCUT2D eigenvalue weighted by Gasteiger charge is -2.09. The second-order valence-electron chi connectivity index (χ2n) is 4.93. The van der Waals surface area contributed by atoms with Crippen molar-refractivity contribution in [3.63, 3.8) is 0 Å². The lowest BCUT2D eigenvalue weighted by Crippen LogP contribution is -2.03. The first-order valence-electron chi connectivity index (χ1n) is 6.91. The summed E-state index contributed by atoms with van der Waals surface area (Å²) in [6, 6.07) is 16.7. The number of fused-ring (bicyclic) bond motifs is 2. The molecule has 0 amide bonds. The first-order valence-corrected chi connectivity index (χ1v) is 6.91. The third-order valence-electron chi connectivity index (χ3n) is 3.65. The number of hydrogen-bond donors (Lipinski definition) is 1. The van der Waals surface area contributed by atoms with Crippen LogP contribution < -0.4 is 5.32 Å². The highest BCUT2D eigenvalue weighted by molar-refractivity contribution is 5.86. The second kappa shape index (κ2) is 4.90. The molecule has 4 rings (SSSR count). The Morgan fingerprint density at radius 2 is 1.86 bits per heavy atom. The minimum atomic E-state index is 0.735. The van der Waals surface area contributed by atoms with Crippen molar-refractivity contribution in [3.8, 4) is 0 Å². The van der Waals surface area contributed by atoms with Crippen molar-refractivity contribution in [3.05, 3.63) is 72.7 Å². The van der Waals surface area contributed by atoms with Crippen LogP contribution in [0.2, 0.25) is 0 Å². The fourth-order valence-corrected chi connectivity index (χ4v) is 2.62. The molecule has 0 fully saturated rings. The van der Waals surface area contributed by atoms with E-state index in [0.29, 0.717) is 0 Å². The third kappa shape index (κ3) is 2.10. The molecule has 2 heterocycles. The zero-order chi connectivity index (χ0) is 14.1. The van der Waals surface area contributed by atoms with Crippen molar-refractivity contribution >= 4 is 22.1 Å². The van der Waals surface area contributed by atoms with Crippen molar-refractivity contribution in [2.75, 3.05) is 5.32 Å². The van der Waals surface area contributed by atoms with Crippen LogP contribution in [0.15, 0.2) is 67.1 Å². The summed E-state index contributed by atoms with van der Waals surface area (Å²) < 4.78 is 1.82. The van der Waals surface area contributed by atoms with E-state index in [1.54, 1.807) is 12.4 Å². The molecule has 1 N–H and O–H groups in total. The summed E-state index contributed by atoms with van der Waals surface area (Å²) in [5.41, 5.74) is 2.24. The highest BCUT2D eigenvalue weighted by atomic mass is 15.2. The summed E-state index contributed by atoms with van der Waals surface area (Å²) in [4.78, 5) is 4.40. The monoisotopic (exact) mass is 274 g/mol. The maximum absolute atomic E-state index is 4.40. The van der Waals surface area contributed by atoms with Crippen molar-refractivity contribution in [1.82, 2.24) is 14.6 Å². The number of rotatable bonds is 3. The molecule has 21 heavy (non-hydrogen) atoms. The Morgan fingerprint density at radius 3 is 2.86 bits per heavy atom. The SMILES string of the molecule is c1ccc2c(CNc3nccn4nccc34)cccc2c1. The molecule has 102 valence electrons. The number of nitrogens with one attached hydrogen (secondary N) is 1. The predicted molar refractivity (Wildman–Crippen MR) is 84.3 cm³/mol. The average Bonchev–Trinajstić information content (AvgIpc) is 3.02. The van der Waals surface area contributed by atoms with E-state index in [0.717, 1.165) is 17.9 Å². The van der Waals surface area contributed by atoms with E-state index < -0.39 is 0 Å². The van der Waals surface area contributed by atoms with Gasteiger partial charge in [0.15, 0.2) is 5.82 Å². The van der Waals surface area contributed by atoms with E-state index in [2.05, 4.69) is 57.9 Å². The molecule has 0 aliphatic heterocycles. The molecule has 0 bridgehead atoms. The van der Waals surface area contributed by atoms with Crippen LogP contribution >= 0.6 is 0 Å². The molecule has 2 aromatic carbocycles. The van der Waals surface area contributed by atoms with Crippen LogP contribution in [-0.4, -0.2) is 14.6 Å². The van der Waals surface area contributed by atoms with Crippen molar-refractivity contribution in [2.24, 2.45) is 0 Å². The second-order valence-corrected chi connectivity index (χ2v) is 4.93. The smallest absolute Gasteiger partial charge is 0.152 e. The van der Waals surface area contributed by atoms with Gasteiger partial charge in [-0.3, -0.25) is 0 Å². The summed E-state index contributed by atoms with van der Waals surface area (Å²) >= 11 is 0. The zero-order valence-corrected chi connectivity index (χ0v) is 11.4. The van der Waals surface area contributed by atoms with Gasteiger partial charge in [-0.15, -0.1) is 0 Å². The van der Waals surface area contributed by atoms with Crippen LogP contribution in [0.25, 0.3) is 16.3 Å². The Morgan fingerprint density at radius 1 is 0.952 bits per heavy atom. The summed E-state index contributed by atoms with van der Waals surface area (Å²) in [6.07, 6.45) is 5.38. The quantitative estimate of drug-likeness (QED) is 0.622. The standard InChI is InChI=1S/C17H14N4/c1-2-7-15-13(4-1)5-3-6-14(15)12-19-17-16-8-9-20-21(16)11-10-18-17/h1-11H,12H2,(H,18,19). The maximum atomic E-state index is 4.40. The molecular formula is C17H14N4. The fourth-order valence-electron chi connectivity index (χ4n) is 2.62. The topological polar surface area (TPSA) is 42.2 Å². The molecule has 4 aromatic rings. The Hall–Kier alpha value is -2.88. The summed E-state index contributed by atoms with van der Waals surface area (Å²) in [5.74, 6) is 0.850. The molecule has 4 nitrogen and oxygen atoms in total. The Kier molecular flexibility index (Phi) is 2.78. The van der Waals surface area contributed by atoms with E-state index in [1.165, 1.54) is 16.3 Å². The normalized spacial score (nSPS) is 11.0. The van der Waals surface area contributed by atoms with E-state index >= 15 is 0 Å². The fraction of sp³-hybridized carbons (Fsp3) is 0.0588. The van der Waals surface area contributed by atoms with Crippen molar-refractivity contribution in [2.45, 2.75) is 6.54 Å². The molecule has 0 atom stereocenters. The lowest BCUT2D eigenvalue weighted by atomic mass is 10.0. The van der Waals surface area contributed by atoms with Crippen LogP contribution in [0.4, 0.5) is 5.82 Å². The molecule has 0 radical (unpaired) electrons. The number of hydrogen-bond acceptors (Lipinski definition) is 3. The Labute approximate surface area is 122 Å². The lowest BCUT2D eigenvalue weighted by molar-refractivity contribution is 0.942. The number of anilines is 1. The molecule has 4 heteroatoms. The molecular weight excluding hydrogens is 260 g/mol. The molecule has 0 spiro atoms. The van der Waals surface area contributed by atoms with Gasteiger partial charge in [-0.1, -0.05) is 42.5 Å². The van der Waals surface area contributed by atoms with Crippen molar-refractivity contribution < 1.29 is 0 Å². The largest absolute Gasteiger partial charge is 0.364 e. The van der Waals surface area contributed by atoms with Gasteiger partial charge in [0.05, 0.1) is 6.20 Å². The van der Waals surface area contributed by atoms with Crippen LogP contribution in [0.5, 0.6) is 0 Å². The summed E-state index contributed by atoms with van der Waals surface area (Å²) in [7, 11) is 0. The van der Waals surface area contributed by atoms with E-state index in [1.807, 2.05) is 16.8 Å².